The number of nitrogens with one attached hydrogen (secondary N) is 1. The van der Waals surface area contributed by atoms with Gasteiger partial charge in [0.05, 0.1) is 16.9 Å². The third kappa shape index (κ3) is 3.37. The van der Waals surface area contributed by atoms with Crippen molar-refractivity contribution in [3.63, 3.8) is 0 Å². The highest BCUT2D eigenvalue weighted by molar-refractivity contribution is 7.21. The summed E-state index contributed by atoms with van der Waals surface area (Å²) in [5.74, 6) is -1.40. The molecule has 0 saturated heterocycles. The van der Waals surface area contributed by atoms with E-state index in [4.69, 9.17) is 17.3 Å². The second-order valence-electron chi connectivity index (χ2n) is 5.63. The van der Waals surface area contributed by atoms with Gasteiger partial charge in [0.2, 0.25) is 0 Å². The van der Waals surface area contributed by atoms with Gasteiger partial charge in [-0.1, -0.05) is 11.6 Å². The highest BCUT2D eigenvalue weighted by Crippen LogP contribution is 2.38. The van der Waals surface area contributed by atoms with Crippen LogP contribution in [0, 0.1) is 6.92 Å². The number of nitrogens with two attached hydrogens (primary N) is 1. The molecule has 0 fully saturated rings. The van der Waals surface area contributed by atoms with Crippen molar-refractivity contribution >= 4 is 50.7 Å². The van der Waals surface area contributed by atoms with Gasteiger partial charge in [0, 0.05) is 11.9 Å². The van der Waals surface area contributed by atoms with Gasteiger partial charge < -0.3 is 11.1 Å². The van der Waals surface area contributed by atoms with Crippen molar-refractivity contribution in [3.05, 3.63) is 39.1 Å². The second kappa shape index (κ2) is 7.20. The van der Waals surface area contributed by atoms with E-state index in [1.54, 1.807) is 13.8 Å². The van der Waals surface area contributed by atoms with Gasteiger partial charge >= 0.3 is 0 Å². The van der Waals surface area contributed by atoms with E-state index >= 15 is 0 Å². The number of hydrogen-bond donors (Lipinski definition) is 2. The lowest BCUT2D eigenvalue weighted by Crippen LogP contribution is -2.20. The van der Waals surface area contributed by atoms with Crippen molar-refractivity contribution in [1.29, 1.82) is 0 Å². The number of anilines is 1. The smallest absolute Gasteiger partial charge is 0.280 e. The summed E-state index contributed by atoms with van der Waals surface area (Å²) >= 11 is 6.88. The number of carbonyl (C=O) groups is 2. The fraction of sp³-hybridized carbons (Fsp3) is 0.250. The molecule has 0 unspecified atom stereocenters. The molecule has 11 heteroatoms. The minimum absolute atomic E-state index is 0.0130. The van der Waals surface area contributed by atoms with E-state index in [-0.39, 0.29) is 26.1 Å². The molecule has 3 aromatic rings. The molecule has 0 spiro atoms. The van der Waals surface area contributed by atoms with E-state index in [1.807, 2.05) is 0 Å². The molecule has 142 valence electrons. The Morgan fingerprint density at radius 1 is 1.44 bits per heavy atom. The maximum atomic E-state index is 13.0. The number of nitrogens with zero attached hydrogens (tertiary/aromatic N) is 3. The van der Waals surface area contributed by atoms with Gasteiger partial charge in [0.15, 0.2) is 0 Å². The maximum Gasteiger partial charge on any atom is 0.280 e. The Bertz CT molecular complexity index is 1060. The predicted molar refractivity (Wildman–Crippen MR) is 98.7 cm³/mol. The lowest BCUT2D eigenvalue weighted by molar-refractivity contribution is 0.100. The molecule has 3 rings (SSSR count). The molecule has 27 heavy (non-hydrogen) atoms. The minimum atomic E-state index is -2.76. The van der Waals surface area contributed by atoms with Crippen LogP contribution in [0.3, 0.4) is 0 Å². The topological polar surface area (TPSA) is 103 Å². The van der Waals surface area contributed by atoms with E-state index in [2.05, 4.69) is 15.4 Å². The number of aryl methyl sites for hydroxylation is 2. The van der Waals surface area contributed by atoms with Gasteiger partial charge in [-0.3, -0.25) is 14.3 Å². The lowest BCUT2D eigenvalue weighted by Gasteiger charge is -2.09. The highest BCUT2D eigenvalue weighted by atomic mass is 35.5. The van der Waals surface area contributed by atoms with Crippen molar-refractivity contribution < 1.29 is 18.4 Å². The summed E-state index contributed by atoms with van der Waals surface area (Å²) in [5, 5.41) is 7.14. The first-order valence-corrected chi connectivity index (χ1v) is 8.98. The molecule has 3 N–H and O–H groups in total. The molecule has 0 aromatic carbocycles. The molecule has 7 nitrogen and oxygen atoms in total. The van der Waals surface area contributed by atoms with E-state index in [0.717, 1.165) is 11.3 Å². The number of carbonyl (C=O) groups excluding carboxylic acids is 2. The van der Waals surface area contributed by atoms with Gasteiger partial charge in [0.1, 0.15) is 21.1 Å². The number of rotatable bonds is 5. The molecule has 0 saturated carbocycles. The quantitative estimate of drug-likeness (QED) is 0.664. The van der Waals surface area contributed by atoms with Gasteiger partial charge in [-0.15, -0.1) is 11.3 Å². The number of aromatic nitrogens is 3. The number of pyridine rings is 1. The number of hydrogen-bond acceptors (Lipinski definition) is 5. The number of fused-ring (bicyclic) bond motifs is 1. The highest BCUT2D eigenvalue weighted by Gasteiger charge is 2.25. The summed E-state index contributed by atoms with van der Waals surface area (Å²) in [6.07, 6.45) is -1.43. The first-order valence-electron chi connectivity index (χ1n) is 7.79. The second-order valence-corrected chi connectivity index (χ2v) is 7.03. The summed E-state index contributed by atoms with van der Waals surface area (Å²) in [6.45, 7) is 3.78. The lowest BCUT2D eigenvalue weighted by atomic mass is 10.1. The van der Waals surface area contributed by atoms with E-state index in [0.29, 0.717) is 17.5 Å². The zero-order valence-electron chi connectivity index (χ0n) is 14.2. The largest absolute Gasteiger partial charge is 0.365 e. The third-order valence-electron chi connectivity index (χ3n) is 3.87. The number of primary amides is 1. The average molecular weight is 414 g/mol. The molecule has 0 bridgehead atoms. The summed E-state index contributed by atoms with van der Waals surface area (Å²) < 4.78 is 27.4. The molecule has 0 aliphatic rings. The third-order valence-corrected chi connectivity index (χ3v) is 5.25. The molecular formula is C16H14ClF2N5O2S. The van der Waals surface area contributed by atoms with Crippen LogP contribution in [-0.4, -0.2) is 26.6 Å². The number of halogens is 3. The Kier molecular flexibility index (Phi) is 5.11. The van der Waals surface area contributed by atoms with Crippen LogP contribution in [0.1, 0.15) is 44.8 Å². The molecule has 3 heterocycles. The Labute approximate surface area is 161 Å². The molecule has 0 aliphatic carbocycles. The van der Waals surface area contributed by atoms with Crippen LogP contribution in [0.4, 0.5) is 14.5 Å². The Hall–Kier alpha value is -2.59. The van der Waals surface area contributed by atoms with Gasteiger partial charge in [-0.05, 0) is 25.5 Å². The predicted octanol–water partition coefficient (Wildman–Crippen LogP) is 3.76. The van der Waals surface area contributed by atoms with Gasteiger partial charge in [-0.25, -0.2) is 13.8 Å². The molecule has 3 aromatic heterocycles. The first-order chi connectivity index (χ1) is 12.7. The normalized spacial score (nSPS) is 11.3. The van der Waals surface area contributed by atoms with Crippen molar-refractivity contribution in [3.8, 4) is 0 Å². The number of thiophene rings is 1. The SMILES string of the molecule is CCn1ncc(Cl)c1C(=O)Nc1c(C(N)=O)sc2nc(C(F)F)cc(C)c12. The summed E-state index contributed by atoms with van der Waals surface area (Å²) in [6, 6.07) is 1.21. The fourth-order valence-electron chi connectivity index (χ4n) is 2.71. The van der Waals surface area contributed by atoms with Crippen molar-refractivity contribution in [1.82, 2.24) is 14.8 Å². The van der Waals surface area contributed by atoms with Crippen LogP contribution in [-0.2, 0) is 6.54 Å². The molecule has 2 amide bonds. The van der Waals surface area contributed by atoms with Gasteiger partial charge in [-0.2, -0.15) is 5.10 Å². The van der Waals surface area contributed by atoms with Crippen molar-refractivity contribution in [2.75, 3.05) is 5.32 Å². The van der Waals surface area contributed by atoms with Crippen LogP contribution < -0.4 is 11.1 Å². The Morgan fingerprint density at radius 2 is 2.15 bits per heavy atom. The molecule has 0 radical (unpaired) electrons. The van der Waals surface area contributed by atoms with E-state index in [9.17, 15) is 18.4 Å². The summed E-state index contributed by atoms with van der Waals surface area (Å²) in [7, 11) is 0. The Morgan fingerprint density at radius 3 is 2.74 bits per heavy atom. The van der Waals surface area contributed by atoms with Crippen LogP contribution >= 0.6 is 22.9 Å². The molecule has 0 atom stereocenters. The van der Waals surface area contributed by atoms with Crippen LogP contribution in [0.15, 0.2) is 12.3 Å². The van der Waals surface area contributed by atoms with Crippen molar-refractivity contribution in [2.24, 2.45) is 5.73 Å². The van der Waals surface area contributed by atoms with Crippen LogP contribution in [0.5, 0.6) is 0 Å². The zero-order chi connectivity index (χ0) is 19.9. The van der Waals surface area contributed by atoms with Gasteiger partial charge in [0.25, 0.3) is 18.2 Å². The molecular weight excluding hydrogens is 400 g/mol. The molecule has 0 aliphatic heterocycles. The monoisotopic (exact) mass is 413 g/mol. The average Bonchev–Trinajstić information content (AvgIpc) is 3.15. The summed E-state index contributed by atoms with van der Waals surface area (Å²) in [5.41, 5.74) is 5.67. The Balaban J connectivity index is 2.15. The standard InChI is InChI=1S/C16H14ClF2N5O2S/c1-3-24-11(7(17)5-21-24)15(26)23-10-9-6(2)4-8(13(18)19)22-16(9)27-12(10)14(20)25/h4-5,13H,3H2,1-2H3,(H2,20,25)(H,23,26). The minimum Gasteiger partial charge on any atom is -0.365 e. The maximum absolute atomic E-state index is 13.0. The zero-order valence-corrected chi connectivity index (χ0v) is 15.8. The first kappa shape index (κ1) is 19.2. The van der Waals surface area contributed by atoms with Crippen LogP contribution in [0.2, 0.25) is 5.02 Å². The fourth-order valence-corrected chi connectivity index (χ4v) is 4.00. The van der Waals surface area contributed by atoms with E-state index < -0.39 is 23.9 Å². The van der Waals surface area contributed by atoms with Crippen LogP contribution in [0.25, 0.3) is 10.2 Å². The van der Waals surface area contributed by atoms with Crippen molar-refractivity contribution in [2.45, 2.75) is 26.8 Å². The number of alkyl halides is 2. The summed E-state index contributed by atoms with van der Waals surface area (Å²) in [4.78, 5) is 28.7. The van der Waals surface area contributed by atoms with E-state index in [1.165, 1.54) is 16.9 Å². The number of amides is 2.